The highest BCUT2D eigenvalue weighted by Gasteiger charge is 2.14. The maximum absolute atomic E-state index is 13.3. The number of H-pyrrole nitrogens is 1. The standard InChI is InChI=1S/C12H15FN2OS/c1-3-9(7-16-2)15-11-6-8(13)4-5-10(11)14-12(15)17/h4-6,9H,3,7H2,1-2H3,(H,14,17). The van der Waals surface area contributed by atoms with Gasteiger partial charge in [0, 0.05) is 7.11 Å². The molecule has 0 amide bonds. The highest BCUT2D eigenvalue weighted by molar-refractivity contribution is 7.71. The lowest BCUT2D eigenvalue weighted by molar-refractivity contribution is 0.154. The van der Waals surface area contributed by atoms with E-state index in [0.717, 1.165) is 17.5 Å². The van der Waals surface area contributed by atoms with Crippen LogP contribution in [0, 0.1) is 10.6 Å². The topological polar surface area (TPSA) is 29.9 Å². The van der Waals surface area contributed by atoms with Crippen LogP contribution in [-0.4, -0.2) is 23.3 Å². The van der Waals surface area contributed by atoms with Gasteiger partial charge in [-0.25, -0.2) is 4.39 Å². The lowest BCUT2D eigenvalue weighted by Crippen LogP contribution is -2.13. The van der Waals surface area contributed by atoms with Crippen LogP contribution < -0.4 is 0 Å². The van der Waals surface area contributed by atoms with Crippen molar-refractivity contribution >= 4 is 23.3 Å². The summed E-state index contributed by atoms with van der Waals surface area (Å²) in [6.45, 7) is 2.62. The molecule has 1 aromatic heterocycles. The van der Waals surface area contributed by atoms with Gasteiger partial charge in [0.1, 0.15) is 5.82 Å². The molecule has 1 heterocycles. The summed E-state index contributed by atoms with van der Waals surface area (Å²) in [5.74, 6) is -0.257. The van der Waals surface area contributed by atoms with E-state index in [-0.39, 0.29) is 11.9 Å². The highest BCUT2D eigenvalue weighted by atomic mass is 32.1. The van der Waals surface area contributed by atoms with E-state index < -0.39 is 0 Å². The first-order valence-electron chi connectivity index (χ1n) is 5.56. The van der Waals surface area contributed by atoms with Gasteiger partial charge in [-0.15, -0.1) is 0 Å². The zero-order valence-electron chi connectivity index (χ0n) is 9.87. The average molecular weight is 254 g/mol. The number of imidazole rings is 1. The second-order valence-electron chi connectivity index (χ2n) is 3.98. The van der Waals surface area contributed by atoms with Gasteiger partial charge in [-0.05, 0) is 36.8 Å². The minimum atomic E-state index is -0.257. The average Bonchev–Trinajstić information content (AvgIpc) is 2.62. The lowest BCUT2D eigenvalue weighted by Gasteiger charge is -2.16. The molecule has 1 unspecified atom stereocenters. The third-order valence-corrected chi connectivity index (χ3v) is 3.17. The number of benzene rings is 1. The first kappa shape index (κ1) is 12.3. The number of hydrogen-bond acceptors (Lipinski definition) is 2. The summed E-state index contributed by atoms with van der Waals surface area (Å²) in [6.07, 6.45) is 0.881. The summed E-state index contributed by atoms with van der Waals surface area (Å²) in [6, 6.07) is 4.76. The van der Waals surface area contributed by atoms with Gasteiger partial charge in [0.25, 0.3) is 0 Å². The fourth-order valence-electron chi connectivity index (χ4n) is 2.02. The molecule has 0 aliphatic heterocycles. The van der Waals surface area contributed by atoms with E-state index in [4.69, 9.17) is 17.0 Å². The lowest BCUT2D eigenvalue weighted by atomic mass is 10.2. The Labute approximate surface area is 104 Å². The molecule has 5 heteroatoms. The normalized spacial score (nSPS) is 13.1. The van der Waals surface area contributed by atoms with Crippen LogP contribution >= 0.6 is 12.2 Å². The van der Waals surface area contributed by atoms with Crippen molar-refractivity contribution in [2.24, 2.45) is 0 Å². The molecule has 0 saturated carbocycles. The molecule has 1 aromatic carbocycles. The SMILES string of the molecule is CCC(COC)n1c(=S)[nH]c2ccc(F)cc21. The Bertz CT molecular complexity index is 575. The van der Waals surface area contributed by atoms with E-state index in [0.29, 0.717) is 11.4 Å². The van der Waals surface area contributed by atoms with Gasteiger partial charge >= 0.3 is 0 Å². The molecule has 3 nitrogen and oxygen atoms in total. The Hall–Kier alpha value is -1.20. The Kier molecular flexibility index (Phi) is 3.59. The van der Waals surface area contributed by atoms with Gasteiger partial charge in [-0.3, -0.25) is 0 Å². The van der Waals surface area contributed by atoms with Crippen LogP contribution in [0.25, 0.3) is 11.0 Å². The minimum Gasteiger partial charge on any atom is -0.383 e. The minimum absolute atomic E-state index is 0.128. The van der Waals surface area contributed by atoms with E-state index in [1.54, 1.807) is 13.2 Å². The summed E-state index contributed by atoms with van der Waals surface area (Å²) in [4.78, 5) is 3.08. The number of nitrogens with one attached hydrogen (secondary N) is 1. The van der Waals surface area contributed by atoms with Crippen molar-refractivity contribution < 1.29 is 9.13 Å². The molecular weight excluding hydrogens is 239 g/mol. The smallest absolute Gasteiger partial charge is 0.178 e. The molecule has 2 aromatic rings. The summed E-state index contributed by atoms with van der Waals surface area (Å²) < 4.78 is 21.0. The van der Waals surface area contributed by atoms with Crippen LogP contribution in [0.1, 0.15) is 19.4 Å². The van der Waals surface area contributed by atoms with Crippen molar-refractivity contribution in [3.05, 3.63) is 28.8 Å². The Morgan fingerprint density at radius 2 is 2.29 bits per heavy atom. The molecular formula is C12H15FN2OS. The monoisotopic (exact) mass is 254 g/mol. The van der Waals surface area contributed by atoms with Gasteiger partial charge < -0.3 is 14.3 Å². The number of halogens is 1. The number of aromatic amines is 1. The number of hydrogen-bond donors (Lipinski definition) is 1. The van der Waals surface area contributed by atoms with Crippen molar-refractivity contribution in [3.8, 4) is 0 Å². The van der Waals surface area contributed by atoms with E-state index in [9.17, 15) is 4.39 Å². The molecule has 17 heavy (non-hydrogen) atoms. The fourth-order valence-corrected chi connectivity index (χ4v) is 2.38. The third kappa shape index (κ3) is 2.25. The fraction of sp³-hybridized carbons (Fsp3) is 0.417. The molecule has 0 aliphatic carbocycles. The van der Waals surface area contributed by atoms with Crippen molar-refractivity contribution in [1.82, 2.24) is 9.55 Å². The molecule has 2 rings (SSSR count). The number of aromatic nitrogens is 2. The zero-order valence-corrected chi connectivity index (χ0v) is 10.7. The molecule has 1 atom stereocenters. The number of fused-ring (bicyclic) bond motifs is 1. The van der Waals surface area contributed by atoms with Crippen molar-refractivity contribution in [3.63, 3.8) is 0 Å². The maximum atomic E-state index is 13.3. The molecule has 0 aliphatic rings. The van der Waals surface area contributed by atoms with E-state index in [2.05, 4.69) is 11.9 Å². The van der Waals surface area contributed by atoms with Crippen LogP contribution in [0.5, 0.6) is 0 Å². The van der Waals surface area contributed by atoms with Crippen LogP contribution in [0.4, 0.5) is 4.39 Å². The van der Waals surface area contributed by atoms with Crippen molar-refractivity contribution in [2.45, 2.75) is 19.4 Å². The van der Waals surface area contributed by atoms with Gasteiger partial charge in [-0.1, -0.05) is 6.92 Å². The quantitative estimate of drug-likeness (QED) is 0.847. The Morgan fingerprint density at radius 1 is 1.53 bits per heavy atom. The molecule has 1 N–H and O–H groups in total. The molecule has 0 spiro atoms. The molecule has 0 radical (unpaired) electrons. The van der Waals surface area contributed by atoms with E-state index >= 15 is 0 Å². The third-order valence-electron chi connectivity index (χ3n) is 2.88. The predicted octanol–water partition coefficient (Wildman–Crippen LogP) is 3.44. The molecule has 0 bridgehead atoms. The second-order valence-corrected chi connectivity index (χ2v) is 4.37. The Balaban J connectivity index is 2.62. The highest BCUT2D eigenvalue weighted by Crippen LogP contribution is 2.22. The summed E-state index contributed by atoms with van der Waals surface area (Å²) in [7, 11) is 1.65. The molecule has 0 saturated heterocycles. The predicted molar refractivity (Wildman–Crippen MR) is 68.3 cm³/mol. The van der Waals surface area contributed by atoms with Gasteiger partial charge in [0.05, 0.1) is 23.7 Å². The van der Waals surface area contributed by atoms with Crippen LogP contribution in [0.2, 0.25) is 0 Å². The molecule has 0 fully saturated rings. The summed E-state index contributed by atoms with van der Waals surface area (Å²) >= 11 is 5.28. The van der Waals surface area contributed by atoms with Crippen LogP contribution in [0.15, 0.2) is 18.2 Å². The number of ether oxygens (including phenoxy) is 1. The molecule has 92 valence electrons. The van der Waals surface area contributed by atoms with E-state index in [1.165, 1.54) is 12.1 Å². The summed E-state index contributed by atoms with van der Waals surface area (Å²) in [5, 5.41) is 0. The number of rotatable bonds is 4. The van der Waals surface area contributed by atoms with Crippen LogP contribution in [-0.2, 0) is 4.74 Å². The zero-order chi connectivity index (χ0) is 12.4. The maximum Gasteiger partial charge on any atom is 0.178 e. The number of nitrogens with zero attached hydrogens (tertiary/aromatic N) is 1. The Morgan fingerprint density at radius 3 is 2.94 bits per heavy atom. The van der Waals surface area contributed by atoms with Crippen molar-refractivity contribution in [1.29, 1.82) is 0 Å². The largest absolute Gasteiger partial charge is 0.383 e. The second kappa shape index (κ2) is 4.98. The number of methoxy groups -OCH3 is 1. The van der Waals surface area contributed by atoms with Gasteiger partial charge in [-0.2, -0.15) is 0 Å². The first-order chi connectivity index (χ1) is 8.17. The first-order valence-corrected chi connectivity index (χ1v) is 5.97. The summed E-state index contributed by atoms with van der Waals surface area (Å²) in [5.41, 5.74) is 1.64. The van der Waals surface area contributed by atoms with E-state index in [1.807, 2.05) is 4.57 Å². The van der Waals surface area contributed by atoms with Gasteiger partial charge in [0.15, 0.2) is 4.77 Å². The van der Waals surface area contributed by atoms with Crippen LogP contribution in [0.3, 0.4) is 0 Å². The van der Waals surface area contributed by atoms with Crippen molar-refractivity contribution in [2.75, 3.05) is 13.7 Å². The van der Waals surface area contributed by atoms with Gasteiger partial charge in [0.2, 0.25) is 0 Å².